The number of benzene rings is 1. The summed E-state index contributed by atoms with van der Waals surface area (Å²) in [7, 11) is 0. The number of amides is 1. The van der Waals surface area contributed by atoms with Crippen molar-refractivity contribution >= 4 is 51.2 Å². The predicted octanol–water partition coefficient (Wildman–Crippen LogP) is 4.13. The zero-order chi connectivity index (χ0) is 14.9. The molecule has 2 rings (SSSR count). The first-order valence-corrected chi connectivity index (χ1v) is 7.65. The summed E-state index contributed by atoms with van der Waals surface area (Å²) < 4.78 is 1.01. The van der Waals surface area contributed by atoms with E-state index in [-0.39, 0.29) is 11.6 Å². The van der Waals surface area contributed by atoms with Gasteiger partial charge in [-0.2, -0.15) is 0 Å². The van der Waals surface area contributed by atoms with E-state index in [1.165, 1.54) is 17.4 Å². The number of nitro benzene ring substituents is 1. The van der Waals surface area contributed by atoms with Crippen LogP contribution >= 0.6 is 33.9 Å². The summed E-state index contributed by atoms with van der Waals surface area (Å²) in [6.45, 7) is 3.49. The number of thiophene rings is 1. The number of halogens is 1. The van der Waals surface area contributed by atoms with Crippen molar-refractivity contribution in [2.45, 2.75) is 13.8 Å². The SMILES string of the molecule is Cc1cc(C)c([N+](=O)[O-])cc1NC(=O)c1csc(I)c1. The number of aryl methyl sites for hydroxylation is 2. The summed E-state index contributed by atoms with van der Waals surface area (Å²) in [5.74, 6) is -0.259. The molecule has 1 N–H and O–H groups in total. The Morgan fingerprint density at radius 1 is 1.30 bits per heavy atom. The number of nitrogens with one attached hydrogen (secondary N) is 1. The fraction of sp³-hybridized carbons (Fsp3) is 0.154. The third-order valence-corrected chi connectivity index (χ3v) is 4.61. The van der Waals surface area contributed by atoms with Crippen LogP contribution in [0.2, 0.25) is 0 Å². The first-order chi connectivity index (χ1) is 9.38. The molecule has 5 nitrogen and oxygen atoms in total. The normalized spacial score (nSPS) is 10.3. The average Bonchev–Trinajstić information content (AvgIpc) is 2.79. The highest BCUT2D eigenvalue weighted by atomic mass is 127. The highest BCUT2D eigenvalue weighted by Crippen LogP contribution is 2.27. The number of hydrogen-bond donors (Lipinski definition) is 1. The Kier molecular flexibility index (Phi) is 4.39. The summed E-state index contributed by atoms with van der Waals surface area (Å²) in [6, 6.07) is 4.88. The van der Waals surface area contributed by atoms with Gasteiger partial charge < -0.3 is 5.32 Å². The molecule has 20 heavy (non-hydrogen) atoms. The lowest BCUT2D eigenvalue weighted by Crippen LogP contribution is -2.12. The summed E-state index contributed by atoms with van der Waals surface area (Å²) in [4.78, 5) is 22.6. The smallest absolute Gasteiger partial charge is 0.274 e. The molecular weight excluding hydrogens is 391 g/mol. The highest BCUT2D eigenvalue weighted by molar-refractivity contribution is 14.1. The minimum absolute atomic E-state index is 0.00537. The van der Waals surface area contributed by atoms with E-state index in [1.54, 1.807) is 24.4 Å². The number of hydrogen-bond acceptors (Lipinski definition) is 4. The molecule has 1 heterocycles. The second-order valence-corrected chi connectivity index (χ2v) is 7.11. The van der Waals surface area contributed by atoms with Crippen LogP contribution in [0.5, 0.6) is 0 Å². The van der Waals surface area contributed by atoms with Crippen molar-refractivity contribution in [1.29, 1.82) is 0 Å². The minimum Gasteiger partial charge on any atom is -0.321 e. The fourth-order valence-electron chi connectivity index (χ4n) is 1.80. The van der Waals surface area contributed by atoms with Crippen LogP contribution in [-0.2, 0) is 0 Å². The maximum atomic E-state index is 12.1. The van der Waals surface area contributed by atoms with E-state index in [0.717, 1.165) is 8.45 Å². The maximum absolute atomic E-state index is 12.1. The molecule has 0 bridgehead atoms. The van der Waals surface area contributed by atoms with Gasteiger partial charge in [-0.25, -0.2) is 0 Å². The van der Waals surface area contributed by atoms with Crippen molar-refractivity contribution in [2.24, 2.45) is 0 Å². The van der Waals surface area contributed by atoms with E-state index >= 15 is 0 Å². The monoisotopic (exact) mass is 402 g/mol. The van der Waals surface area contributed by atoms with Gasteiger partial charge in [-0.3, -0.25) is 14.9 Å². The number of carbonyl (C=O) groups excluding carboxylic acids is 1. The third kappa shape index (κ3) is 3.15. The predicted molar refractivity (Wildman–Crippen MR) is 87.6 cm³/mol. The summed E-state index contributed by atoms with van der Waals surface area (Å²) in [6.07, 6.45) is 0. The van der Waals surface area contributed by atoms with Gasteiger partial charge in [0.05, 0.1) is 19.1 Å². The first-order valence-electron chi connectivity index (χ1n) is 5.69. The van der Waals surface area contributed by atoms with Gasteiger partial charge in [0.1, 0.15) is 0 Å². The molecular formula is C13H11IN2O3S. The van der Waals surface area contributed by atoms with Crippen molar-refractivity contribution in [3.05, 3.63) is 53.3 Å². The van der Waals surface area contributed by atoms with E-state index < -0.39 is 4.92 Å². The molecule has 0 unspecified atom stereocenters. The molecule has 1 aromatic heterocycles. The minimum atomic E-state index is -0.446. The molecule has 0 aliphatic carbocycles. The fourth-order valence-corrected chi connectivity index (χ4v) is 3.12. The average molecular weight is 402 g/mol. The highest BCUT2D eigenvalue weighted by Gasteiger charge is 2.16. The molecule has 0 spiro atoms. The Bertz CT molecular complexity index is 697. The number of nitro groups is 1. The lowest BCUT2D eigenvalue weighted by Gasteiger charge is -2.09. The van der Waals surface area contributed by atoms with Crippen molar-refractivity contribution in [3.8, 4) is 0 Å². The topological polar surface area (TPSA) is 72.2 Å². The lowest BCUT2D eigenvalue weighted by atomic mass is 10.1. The number of anilines is 1. The molecule has 1 amide bonds. The van der Waals surface area contributed by atoms with Crippen LogP contribution in [0.25, 0.3) is 0 Å². The maximum Gasteiger partial charge on any atom is 0.274 e. The quantitative estimate of drug-likeness (QED) is 0.477. The van der Waals surface area contributed by atoms with E-state index in [4.69, 9.17) is 0 Å². The molecule has 0 saturated carbocycles. The largest absolute Gasteiger partial charge is 0.321 e. The van der Waals surface area contributed by atoms with Crippen LogP contribution in [0.1, 0.15) is 21.5 Å². The van der Waals surface area contributed by atoms with Crippen LogP contribution in [0.15, 0.2) is 23.6 Å². The number of nitrogens with zero attached hydrogens (tertiary/aromatic N) is 1. The van der Waals surface area contributed by atoms with E-state index in [9.17, 15) is 14.9 Å². The van der Waals surface area contributed by atoms with Crippen LogP contribution in [0.3, 0.4) is 0 Å². The van der Waals surface area contributed by atoms with Gasteiger partial charge in [-0.15, -0.1) is 11.3 Å². The molecule has 0 aliphatic heterocycles. The molecule has 1 aromatic carbocycles. The standard InChI is InChI=1S/C13H11IN2O3S/c1-7-3-8(2)11(16(18)19)5-10(7)15-13(17)9-4-12(14)20-6-9/h3-6H,1-2H3,(H,15,17). The lowest BCUT2D eigenvalue weighted by molar-refractivity contribution is -0.385. The molecule has 0 saturated heterocycles. The van der Waals surface area contributed by atoms with Crippen molar-refractivity contribution in [2.75, 3.05) is 5.32 Å². The van der Waals surface area contributed by atoms with Gasteiger partial charge in [0.2, 0.25) is 0 Å². The van der Waals surface area contributed by atoms with Crippen LogP contribution < -0.4 is 5.32 Å². The Balaban J connectivity index is 2.31. The van der Waals surface area contributed by atoms with Crippen LogP contribution in [0, 0.1) is 26.8 Å². The van der Waals surface area contributed by atoms with E-state index in [2.05, 4.69) is 27.9 Å². The van der Waals surface area contributed by atoms with Crippen molar-refractivity contribution in [3.63, 3.8) is 0 Å². The molecule has 0 atom stereocenters. The number of rotatable bonds is 3. The van der Waals surface area contributed by atoms with Gasteiger partial charge in [0, 0.05) is 17.0 Å². The Hall–Kier alpha value is -1.48. The van der Waals surface area contributed by atoms with E-state index in [0.29, 0.717) is 16.8 Å². The van der Waals surface area contributed by atoms with Gasteiger partial charge in [-0.05, 0) is 54.1 Å². The molecule has 0 fully saturated rings. The van der Waals surface area contributed by atoms with Crippen molar-refractivity contribution < 1.29 is 9.72 Å². The molecule has 0 aliphatic rings. The molecule has 104 valence electrons. The Labute approximate surface area is 133 Å². The Morgan fingerprint density at radius 2 is 2.00 bits per heavy atom. The molecule has 0 radical (unpaired) electrons. The molecule has 7 heteroatoms. The second-order valence-electron chi connectivity index (χ2n) is 4.30. The number of carbonyl (C=O) groups is 1. The first kappa shape index (κ1) is 14.9. The molecule has 2 aromatic rings. The van der Waals surface area contributed by atoms with Gasteiger partial charge in [0.25, 0.3) is 11.6 Å². The van der Waals surface area contributed by atoms with Gasteiger partial charge in [-0.1, -0.05) is 0 Å². The van der Waals surface area contributed by atoms with Gasteiger partial charge in [0.15, 0.2) is 0 Å². The summed E-state index contributed by atoms with van der Waals surface area (Å²) in [5.41, 5.74) is 2.41. The van der Waals surface area contributed by atoms with Gasteiger partial charge >= 0.3 is 0 Å². The van der Waals surface area contributed by atoms with Crippen molar-refractivity contribution in [1.82, 2.24) is 0 Å². The third-order valence-electron chi connectivity index (χ3n) is 2.82. The zero-order valence-electron chi connectivity index (χ0n) is 10.8. The summed E-state index contributed by atoms with van der Waals surface area (Å²) >= 11 is 3.61. The summed E-state index contributed by atoms with van der Waals surface area (Å²) in [5, 5.41) is 15.4. The second kappa shape index (κ2) is 5.88. The van der Waals surface area contributed by atoms with E-state index in [1.807, 2.05) is 6.92 Å². The Morgan fingerprint density at radius 3 is 2.55 bits per heavy atom. The van der Waals surface area contributed by atoms with Crippen LogP contribution in [-0.4, -0.2) is 10.8 Å². The zero-order valence-corrected chi connectivity index (χ0v) is 13.7. The van der Waals surface area contributed by atoms with Crippen LogP contribution in [0.4, 0.5) is 11.4 Å².